The number of ether oxygens (including phenoxy) is 1. The molecular weight excluding hydrogens is 412 g/mol. The highest BCUT2D eigenvalue weighted by Gasteiger charge is 2.47. The summed E-state index contributed by atoms with van der Waals surface area (Å²) in [6, 6.07) is 4.97. The normalized spacial score (nSPS) is 20.8. The molecule has 0 saturated carbocycles. The Labute approximate surface area is 185 Å². The highest BCUT2D eigenvalue weighted by atomic mass is 16.5. The number of nitrogens with zero attached hydrogens (tertiary/aromatic N) is 4. The molecule has 0 radical (unpaired) electrons. The summed E-state index contributed by atoms with van der Waals surface area (Å²) in [6.45, 7) is 1.26. The van der Waals surface area contributed by atoms with Gasteiger partial charge in [-0.15, -0.1) is 4.48 Å². The summed E-state index contributed by atoms with van der Waals surface area (Å²) >= 11 is 0. The summed E-state index contributed by atoms with van der Waals surface area (Å²) in [4.78, 5) is 33.4. The number of nitriles is 1. The quantitative estimate of drug-likeness (QED) is 0.474. The molecule has 2 aromatic heterocycles. The van der Waals surface area contributed by atoms with Crippen LogP contribution in [0.5, 0.6) is 0 Å². The van der Waals surface area contributed by atoms with Crippen LogP contribution in [-0.4, -0.2) is 53.2 Å². The molecule has 0 bridgehead atoms. The number of carbonyl (C=O) groups is 2. The van der Waals surface area contributed by atoms with E-state index >= 15 is 0 Å². The Morgan fingerprint density at radius 3 is 2.84 bits per heavy atom. The minimum Gasteiger partial charge on any atom is -0.392 e. The Hall–Kier alpha value is -3.39. The van der Waals surface area contributed by atoms with Gasteiger partial charge < -0.3 is 20.9 Å². The lowest BCUT2D eigenvalue weighted by molar-refractivity contribution is 0.0904. The summed E-state index contributed by atoms with van der Waals surface area (Å²) in [5.74, 6) is 0.658. The molecule has 2 aliphatic heterocycles. The summed E-state index contributed by atoms with van der Waals surface area (Å²) in [7, 11) is 0. The number of primary amides is 1. The molecule has 166 valence electrons. The molecule has 4 rings (SSSR count). The van der Waals surface area contributed by atoms with Crippen molar-refractivity contribution in [3.8, 4) is 6.07 Å². The highest BCUT2D eigenvalue weighted by Crippen LogP contribution is 2.41. The zero-order valence-electron chi connectivity index (χ0n) is 17.6. The van der Waals surface area contributed by atoms with Gasteiger partial charge in [-0.2, -0.15) is 10.2 Å². The number of urea groups is 1. The van der Waals surface area contributed by atoms with Crippen LogP contribution in [0.4, 0.5) is 22.1 Å². The Bertz CT molecular complexity index is 1090. The number of hydrogen-bond donors (Lipinski definition) is 3. The first-order chi connectivity index (χ1) is 15.5. The Kier molecular flexibility index (Phi) is 6.14. The summed E-state index contributed by atoms with van der Waals surface area (Å²) in [5.41, 5.74) is 8.05. The molecule has 4 heterocycles. The van der Waals surface area contributed by atoms with Crippen molar-refractivity contribution < 1.29 is 19.4 Å². The second-order valence-corrected chi connectivity index (χ2v) is 8.00. The van der Waals surface area contributed by atoms with Crippen molar-refractivity contribution in [2.75, 3.05) is 25.1 Å². The number of aliphatic hydroxyl groups is 1. The number of fused-ring (bicyclic) bond motifs is 1. The fraction of sp³-hybridized carbons (Fsp3) is 0.409. The van der Waals surface area contributed by atoms with E-state index in [9.17, 15) is 20.0 Å². The lowest BCUT2D eigenvalue weighted by Crippen LogP contribution is -2.56. The van der Waals surface area contributed by atoms with Gasteiger partial charge in [0.05, 0.1) is 24.1 Å². The Balaban J connectivity index is 1.85. The maximum Gasteiger partial charge on any atom is 0.426 e. The van der Waals surface area contributed by atoms with Crippen molar-refractivity contribution in [3.63, 3.8) is 0 Å². The maximum absolute atomic E-state index is 12.9. The molecule has 0 spiro atoms. The number of rotatable bonds is 5. The van der Waals surface area contributed by atoms with Gasteiger partial charge in [-0.3, -0.25) is 4.79 Å². The number of quaternary nitrogens is 1. The number of amides is 2. The molecule has 4 N–H and O–H groups in total. The van der Waals surface area contributed by atoms with Crippen molar-refractivity contribution in [2.45, 2.75) is 38.3 Å². The molecule has 32 heavy (non-hydrogen) atoms. The largest absolute Gasteiger partial charge is 0.426 e. The van der Waals surface area contributed by atoms with E-state index in [1.54, 1.807) is 12.1 Å². The maximum atomic E-state index is 12.9. The fourth-order valence-electron chi connectivity index (χ4n) is 4.44. The summed E-state index contributed by atoms with van der Waals surface area (Å²) in [5, 5.41) is 22.6. The van der Waals surface area contributed by atoms with Gasteiger partial charge in [0.2, 0.25) is 11.6 Å². The van der Waals surface area contributed by atoms with Crippen molar-refractivity contribution >= 4 is 29.6 Å². The van der Waals surface area contributed by atoms with Gasteiger partial charge in [-0.25, -0.2) is 9.78 Å². The third-order valence-corrected chi connectivity index (χ3v) is 6.13. The van der Waals surface area contributed by atoms with E-state index in [0.29, 0.717) is 67.3 Å². The average Bonchev–Trinajstić information content (AvgIpc) is 2.83. The number of nitrogens with two attached hydrogens (primary N) is 1. The van der Waals surface area contributed by atoms with Crippen LogP contribution in [-0.2, 0) is 17.8 Å². The number of aldehydes is 1. The second-order valence-electron chi connectivity index (χ2n) is 8.00. The van der Waals surface area contributed by atoms with Crippen LogP contribution in [0, 0.1) is 11.3 Å². The van der Waals surface area contributed by atoms with Gasteiger partial charge in [-0.05, 0) is 25.3 Å². The first-order valence-corrected chi connectivity index (χ1v) is 10.6. The minimum atomic E-state index is -0.679. The van der Waals surface area contributed by atoms with E-state index in [4.69, 9.17) is 10.5 Å². The SMILES string of the molecule is N#Cc1cnc([N+]2(C(N)=O)CCCc3cc(CO)c(C=O)nc32)cc1NC1CCOCC1. The van der Waals surface area contributed by atoms with Crippen LogP contribution in [0.2, 0.25) is 0 Å². The summed E-state index contributed by atoms with van der Waals surface area (Å²) < 4.78 is 4.94. The smallest absolute Gasteiger partial charge is 0.392 e. The van der Waals surface area contributed by atoms with E-state index in [2.05, 4.69) is 21.4 Å². The van der Waals surface area contributed by atoms with Crippen LogP contribution < -0.4 is 15.5 Å². The van der Waals surface area contributed by atoms with Gasteiger partial charge >= 0.3 is 6.03 Å². The third kappa shape index (κ3) is 3.71. The molecule has 2 aliphatic rings. The molecule has 1 saturated heterocycles. The minimum absolute atomic E-state index is 0.0612. The van der Waals surface area contributed by atoms with Gasteiger partial charge in [0, 0.05) is 42.9 Å². The van der Waals surface area contributed by atoms with Gasteiger partial charge in [0.25, 0.3) is 0 Å². The average molecular weight is 437 g/mol. The van der Waals surface area contributed by atoms with Crippen molar-refractivity contribution in [2.24, 2.45) is 5.73 Å². The van der Waals surface area contributed by atoms with Crippen molar-refractivity contribution in [1.29, 1.82) is 5.26 Å². The number of carbonyl (C=O) groups excluding carboxylic acids is 2. The molecular formula is C22H25N6O4+. The number of aliphatic hydroxyl groups excluding tert-OH is 1. The van der Waals surface area contributed by atoms with Crippen LogP contribution in [0.15, 0.2) is 18.3 Å². The van der Waals surface area contributed by atoms with Gasteiger partial charge in [0.1, 0.15) is 18.3 Å². The molecule has 1 fully saturated rings. The molecule has 0 aromatic carbocycles. The summed E-state index contributed by atoms with van der Waals surface area (Å²) in [6.07, 6.45) is 4.85. The van der Waals surface area contributed by atoms with Crippen LogP contribution >= 0.6 is 0 Å². The zero-order chi connectivity index (χ0) is 22.7. The number of nitrogens with one attached hydrogen (secondary N) is 1. The molecule has 10 heteroatoms. The number of aryl methyl sites for hydroxylation is 1. The van der Waals surface area contributed by atoms with E-state index in [0.717, 1.165) is 18.4 Å². The second kappa shape index (κ2) is 9.00. The number of aromatic nitrogens is 2. The molecule has 2 amide bonds. The van der Waals surface area contributed by atoms with Gasteiger partial charge in [-0.1, -0.05) is 0 Å². The molecule has 10 nitrogen and oxygen atoms in total. The highest BCUT2D eigenvalue weighted by molar-refractivity contribution is 5.93. The molecule has 2 aromatic rings. The first-order valence-electron chi connectivity index (χ1n) is 10.6. The van der Waals surface area contributed by atoms with Crippen LogP contribution in [0.1, 0.15) is 46.4 Å². The number of pyridine rings is 2. The number of anilines is 1. The van der Waals surface area contributed by atoms with Crippen molar-refractivity contribution in [1.82, 2.24) is 14.5 Å². The lowest BCUT2D eigenvalue weighted by atomic mass is 9.99. The van der Waals surface area contributed by atoms with E-state index in [-0.39, 0.29) is 18.3 Å². The Morgan fingerprint density at radius 2 is 2.19 bits per heavy atom. The molecule has 1 unspecified atom stereocenters. The predicted octanol–water partition coefficient (Wildman–Crippen LogP) is 1.91. The van der Waals surface area contributed by atoms with Crippen LogP contribution in [0.3, 0.4) is 0 Å². The van der Waals surface area contributed by atoms with E-state index in [1.165, 1.54) is 6.20 Å². The first kappa shape index (κ1) is 21.8. The third-order valence-electron chi connectivity index (χ3n) is 6.13. The standard InChI is InChI=1S/C22H24N6O4/c23-10-16-11-25-20(9-18(16)26-17-3-6-32-7-4-17)28(22(24)31)5-1-2-14-8-15(12-29)19(13-30)27-21(14)28/h8-9,11,13,17,29H,1-7,12H2,(H2-,24,25,26,31)/p+1. The monoisotopic (exact) mass is 437 g/mol. The van der Waals surface area contributed by atoms with E-state index in [1.807, 2.05) is 0 Å². The predicted molar refractivity (Wildman–Crippen MR) is 116 cm³/mol. The molecule has 1 atom stereocenters. The lowest BCUT2D eigenvalue weighted by Gasteiger charge is -2.35. The zero-order valence-corrected chi connectivity index (χ0v) is 17.6. The van der Waals surface area contributed by atoms with Crippen molar-refractivity contribution in [3.05, 3.63) is 40.7 Å². The Morgan fingerprint density at radius 1 is 1.41 bits per heavy atom. The van der Waals surface area contributed by atoms with E-state index < -0.39 is 10.5 Å². The van der Waals surface area contributed by atoms with Crippen LogP contribution in [0.25, 0.3) is 0 Å². The van der Waals surface area contributed by atoms with Gasteiger partial charge in [0.15, 0.2) is 6.29 Å². The topological polar surface area (TPSA) is 151 Å². The fourth-order valence-corrected chi connectivity index (χ4v) is 4.44. The number of hydrogen-bond acceptors (Lipinski definition) is 8. The molecule has 0 aliphatic carbocycles.